The quantitative estimate of drug-likeness (QED) is 0.00392. The highest BCUT2D eigenvalue weighted by Gasteiger charge is 2.29. The first-order valence-corrected chi connectivity index (χ1v) is 36.3. The number of nitrogens with one attached hydrogen (secondary N) is 4. The molecule has 0 saturated carbocycles. The summed E-state index contributed by atoms with van der Waals surface area (Å²) in [5.74, 6) is 0.608. The number of hydrogen-bond donors (Lipinski definition) is 7. The number of amides is 3. The minimum Gasteiger partial charge on any atom is -0.480 e. The van der Waals surface area contributed by atoms with E-state index in [1.165, 1.54) is 20.4 Å². The third-order valence-electron chi connectivity index (χ3n) is 13.8. The number of aromatic nitrogens is 9. The van der Waals surface area contributed by atoms with E-state index in [4.69, 9.17) is 56.6 Å². The summed E-state index contributed by atoms with van der Waals surface area (Å²) >= 11 is 0. The van der Waals surface area contributed by atoms with E-state index >= 15 is 0 Å². The second-order valence-electron chi connectivity index (χ2n) is 26.8. The maximum Gasteiger partial charge on any atom is 0.408 e. The molecule has 0 bridgehead atoms. The summed E-state index contributed by atoms with van der Waals surface area (Å²) in [5.41, 5.74) is 4.46. The number of nitrogens with zero attached hydrogens (tertiary/aromatic N) is 10. The number of benzene rings is 5. The lowest BCUT2D eigenvalue weighted by atomic mass is 10.1. The zero-order valence-electron chi connectivity index (χ0n) is 68.1. The number of carboxylic acid groups (broad SMARTS) is 2. The second-order valence-corrected chi connectivity index (χ2v) is 26.8. The summed E-state index contributed by atoms with van der Waals surface area (Å²) in [6.07, 6.45) is 15.4. The molecular formula is C83H110N14O21. The molecule has 0 fully saturated rings. The fourth-order valence-electron chi connectivity index (χ4n) is 8.83. The number of esters is 3. The van der Waals surface area contributed by atoms with Gasteiger partial charge in [0, 0.05) is 51.6 Å². The summed E-state index contributed by atoms with van der Waals surface area (Å²) in [4.78, 5) is 119. The van der Waals surface area contributed by atoms with Crippen LogP contribution in [0.5, 0.6) is 0 Å². The predicted molar refractivity (Wildman–Crippen MR) is 436 cm³/mol. The Labute approximate surface area is 687 Å². The molecule has 8 aromatic rings. The standard InChI is InChI=1S/C24H28N4O4.C21H22N4O4.C17H21NO4.C10H15NO4.C7H10N4O4.C2H6.CH4O.CH4/c1-24(2,3)32-23(30)25-21(22(29)31-17-19-12-8-5-9-13-19)14-20-16-28(27-26-20)15-18-10-6-4-7-11-18;1-27-29-16-22-20(21(26)28-15-18-10-6-3-7-11-18)12-19-14-25(24-23-19)13-17-8-4-2-5-9-17;1-5-9-14(18-16(20)22-17(2,3)4)15(19)21-12-13-10-7-6-8-11-13;1-5-6-7(8(12)13)11-9(14)15-10(2,3)4;1-14-15-4-8-6(7(12)13)2-5-3-9-11-10-5;2*1-2;/h4-13,16,21H,14-15,17H2,1-3H3,(H,25,30);2-11,14,16,20H,12-13,15H2,1H3;1,6-8,10-11,14H,9,12H2,2-4H3,(H,18,20);1,7H,6H2,2-4H3,(H,11,14)(H,12,13);3-4,6H,2H2,1H3,(H,12,13)(H,9,10,11);1-2H3;2H,1H3;1H4/t21-;20-;14-;7-;6-;;;/m00000.../s1. The van der Waals surface area contributed by atoms with Gasteiger partial charge in [-0.2, -0.15) is 25.2 Å². The van der Waals surface area contributed by atoms with Gasteiger partial charge in [-0.25, -0.2) is 57.7 Å². The molecule has 0 aliphatic carbocycles. The van der Waals surface area contributed by atoms with Crippen LogP contribution in [0.3, 0.4) is 0 Å². The van der Waals surface area contributed by atoms with Crippen LogP contribution in [-0.4, -0.2) is 190 Å². The predicted octanol–water partition coefficient (Wildman–Crippen LogP) is 10.4. The van der Waals surface area contributed by atoms with Gasteiger partial charge in [0.25, 0.3) is 0 Å². The molecule has 0 spiro atoms. The van der Waals surface area contributed by atoms with Crippen LogP contribution in [0.1, 0.15) is 141 Å². The Morgan fingerprint density at radius 2 is 0.805 bits per heavy atom. The first-order chi connectivity index (χ1) is 55.8. The Balaban J connectivity index is 0.000000750. The molecule has 3 aromatic heterocycles. The number of carbonyl (C=O) groups is 8. The zero-order chi connectivity index (χ0) is 87.0. The molecule has 5 atom stereocenters. The van der Waals surface area contributed by atoms with Crippen molar-refractivity contribution in [2.24, 2.45) is 9.98 Å². The number of hydrogen-bond acceptors (Lipinski definition) is 27. The molecule has 118 heavy (non-hydrogen) atoms. The number of carboxylic acids is 2. The van der Waals surface area contributed by atoms with Gasteiger partial charge < -0.3 is 69.5 Å². The number of aliphatic imine (C=N–C) groups is 2. The smallest absolute Gasteiger partial charge is 0.408 e. The van der Waals surface area contributed by atoms with Gasteiger partial charge in [-0.3, -0.25) is 0 Å². The van der Waals surface area contributed by atoms with Crippen molar-refractivity contribution in [1.29, 1.82) is 0 Å². The highest BCUT2D eigenvalue weighted by molar-refractivity contribution is 5.83. The first kappa shape index (κ1) is 103. The van der Waals surface area contributed by atoms with Crippen molar-refractivity contribution >= 4 is 60.9 Å². The third-order valence-corrected chi connectivity index (χ3v) is 13.8. The molecule has 0 unspecified atom stereocenters. The Hall–Kier alpha value is -13.4. The maximum absolute atomic E-state index is 12.8. The van der Waals surface area contributed by atoms with Gasteiger partial charge in [-0.15, -0.1) is 34.9 Å². The van der Waals surface area contributed by atoms with Crippen LogP contribution in [0.4, 0.5) is 14.4 Å². The van der Waals surface area contributed by atoms with Crippen LogP contribution in [0.2, 0.25) is 0 Å². The molecule has 7 N–H and O–H groups in total. The van der Waals surface area contributed by atoms with E-state index in [0.29, 0.717) is 30.2 Å². The van der Waals surface area contributed by atoms with E-state index in [-0.39, 0.29) is 59.4 Å². The molecule has 8 rings (SSSR count). The van der Waals surface area contributed by atoms with E-state index in [1.54, 1.807) is 84.1 Å². The van der Waals surface area contributed by atoms with Crippen molar-refractivity contribution in [2.75, 3.05) is 21.3 Å². The molecular weight excluding hydrogens is 1530 g/mol. The molecule has 3 amide bonds. The Morgan fingerprint density at radius 1 is 0.475 bits per heavy atom. The Bertz CT molecular complexity index is 4290. The summed E-state index contributed by atoms with van der Waals surface area (Å²) < 4.78 is 34.7. The van der Waals surface area contributed by atoms with Crippen molar-refractivity contribution < 1.29 is 102 Å². The number of aromatic amines is 1. The topological polar surface area (TPSA) is 453 Å². The van der Waals surface area contributed by atoms with E-state index < -0.39 is 95.1 Å². The van der Waals surface area contributed by atoms with E-state index in [2.05, 4.69) is 93.4 Å². The van der Waals surface area contributed by atoms with Gasteiger partial charge in [0.2, 0.25) is 12.8 Å². The number of aliphatic carboxylic acids is 2. The molecule has 3 heterocycles. The maximum atomic E-state index is 12.8. The van der Waals surface area contributed by atoms with E-state index in [9.17, 15) is 38.4 Å². The molecule has 35 heteroatoms. The molecule has 35 nitrogen and oxygen atoms in total. The van der Waals surface area contributed by atoms with Crippen LogP contribution in [0.25, 0.3) is 0 Å². The number of alkyl carbamates (subject to hydrolysis) is 3. The second kappa shape index (κ2) is 57.6. The number of rotatable bonds is 32. The van der Waals surface area contributed by atoms with Crippen LogP contribution in [-0.2, 0) is 124 Å². The average Bonchev–Trinajstić information content (AvgIpc) is 1.71. The minimum atomic E-state index is -1.18. The van der Waals surface area contributed by atoms with Crippen molar-refractivity contribution in [3.05, 3.63) is 215 Å². The van der Waals surface area contributed by atoms with Crippen molar-refractivity contribution in [2.45, 2.75) is 196 Å². The monoisotopic (exact) mass is 1640 g/mol. The number of carbonyl (C=O) groups excluding carboxylic acids is 6. The number of H-pyrrole nitrogens is 1. The summed E-state index contributed by atoms with van der Waals surface area (Å²) in [7, 11) is 3.64. The highest BCUT2D eigenvalue weighted by Crippen LogP contribution is 2.15. The summed E-state index contributed by atoms with van der Waals surface area (Å²) in [6.45, 7) is 21.0. The van der Waals surface area contributed by atoms with Gasteiger partial charge in [0.1, 0.15) is 54.7 Å². The minimum absolute atomic E-state index is 0. The average molecular weight is 1640 g/mol. The van der Waals surface area contributed by atoms with Crippen molar-refractivity contribution in [1.82, 2.24) is 61.3 Å². The Kier molecular flexibility index (Phi) is 50.1. The molecule has 638 valence electrons. The SMILES string of the molecule is C.C#CC[C@H](NC(=O)OC(C)(C)C)C(=O)O.C#CC[C@H](NC(=O)OC(C)(C)C)C(=O)OCc1ccccc1.CC.CC(C)(C)OC(=O)N[C@@H](Cc1cn(Cc2ccccc2)nn1)C(=O)OCc1ccccc1.CO.COOC=N[C@@H](Cc1cn(Cc2ccccc2)nn1)C(=O)OCc1ccccc1.COOC=N[C@@H](Cc1cn[nH]n1)C(=O)O. The van der Waals surface area contributed by atoms with Gasteiger partial charge in [0.15, 0.2) is 12.1 Å². The van der Waals surface area contributed by atoms with Gasteiger partial charge in [-0.1, -0.05) is 183 Å². The normalized spacial score (nSPS) is 11.8. The summed E-state index contributed by atoms with van der Waals surface area (Å²) in [5, 5.41) is 57.9. The van der Waals surface area contributed by atoms with Crippen LogP contribution in [0, 0.1) is 24.7 Å². The van der Waals surface area contributed by atoms with E-state index in [0.717, 1.165) is 47.7 Å². The molecule has 0 aliphatic heterocycles. The number of ether oxygens (including phenoxy) is 6. The van der Waals surface area contributed by atoms with Gasteiger partial charge in [0.05, 0.1) is 50.6 Å². The number of aliphatic hydroxyl groups excluding tert-OH is 1. The van der Waals surface area contributed by atoms with Crippen LogP contribution >= 0.6 is 0 Å². The van der Waals surface area contributed by atoms with Crippen molar-refractivity contribution in [3.63, 3.8) is 0 Å². The van der Waals surface area contributed by atoms with Crippen LogP contribution in [0.15, 0.2) is 180 Å². The fourth-order valence-corrected chi connectivity index (χ4v) is 8.83. The third kappa shape index (κ3) is 47.3. The van der Waals surface area contributed by atoms with E-state index in [1.807, 2.05) is 166 Å². The lowest BCUT2D eigenvalue weighted by Gasteiger charge is -2.22. The Morgan fingerprint density at radius 3 is 1.15 bits per heavy atom. The largest absolute Gasteiger partial charge is 0.480 e. The fraction of sp³-hybridized carbons (Fsp3) is 0.398. The van der Waals surface area contributed by atoms with Crippen LogP contribution < -0.4 is 16.0 Å². The lowest BCUT2D eigenvalue weighted by molar-refractivity contribution is -0.188. The lowest BCUT2D eigenvalue weighted by Crippen LogP contribution is -2.45. The highest BCUT2D eigenvalue weighted by atomic mass is 17.2. The first-order valence-electron chi connectivity index (χ1n) is 36.3. The molecule has 0 saturated heterocycles. The van der Waals surface area contributed by atoms with Gasteiger partial charge >= 0.3 is 48.1 Å². The van der Waals surface area contributed by atoms with Crippen molar-refractivity contribution in [3.8, 4) is 24.7 Å². The van der Waals surface area contributed by atoms with Gasteiger partial charge in [-0.05, 0) is 90.1 Å². The zero-order valence-corrected chi connectivity index (χ0v) is 68.1. The molecule has 5 aromatic carbocycles. The molecule has 0 radical (unpaired) electrons. The number of aliphatic hydroxyl groups is 1. The molecule has 0 aliphatic rings. The number of terminal acetylenes is 2. The summed E-state index contributed by atoms with van der Waals surface area (Å²) in [6, 6.07) is 43.0.